The quantitative estimate of drug-likeness (QED) is 0.577. The Labute approximate surface area is 176 Å². The van der Waals surface area contributed by atoms with Crippen LogP contribution in [-0.4, -0.2) is 62.9 Å². The van der Waals surface area contributed by atoms with Crippen molar-refractivity contribution < 1.29 is 33.4 Å². The average molecular weight is 455 g/mol. The van der Waals surface area contributed by atoms with E-state index in [-0.39, 0.29) is 42.5 Å². The first-order valence-electron chi connectivity index (χ1n) is 9.80. The average Bonchev–Trinajstić information content (AvgIpc) is 3.51. The maximum atomic E-state index is 15.3. The first kappa shape index (κ1) is 21.8. The molecule has 1 saturated carbocycles. The second-order valence-corrected chi connectivity index (χ2v) is 9.46. The van der Waals surface area contributed by atoms with Crippen LogP contribution in [0, 0.1) is 5.82 Å². The highest BCUT2D eigenvalue weighted by Gasteiger charge is 2.37. The van der Waals surface area contributed by atoms with E-state index < -0.39 is 36.6 Å². The highest BCUT2D eigenvalue weighted by atomic mass is 31.2. The number of halogens is 1. The van der Waals surface area contributed by atoms with E-state index in [9.17, 15) is 29.0 Å². The van der Waals surface area contributed by atoms with E-state index in [4.69, 9.17) is 4.74 Å². The number of aromatic carboxylic acids is 1. The minimum absolute atomic E-state index is 0.0134. The number of methoxy groups -OCH3 is 1. The van der Waals surface area contributed by atoms with Gasteiger partial charge in [0.25, 0.3) is 0 Å². The van der Waals surface area contributed by atoms with Crippen molar-refractivity contribution in [3.63, 3.8) is 0 Å². The third kappa shape index (κ3) is 3.71. The van der Waals surface area contributed by atoms with Gasteiger partial charge in [-0.2, -0.15) is 0 Å². The van der Waals surface area contributed by atoms with E-state index in [1.54, 1.807) is 16.4 Å². The van der Waals surface area contributed by atoms with Crippen molar-refractivity contribution >= 4 is 30.3 Å². The summed E-state index contributed by atoms with van der Waals surface area (Å²) in [5, 5.41) is 9.33. The molecule has 1 aliphatic carbocycles. The number of piperazine rings is 1. The van der Waals surface area contributed by atoms with Gasteiger partial charge in [0.15, 0.2) is 11.6 Å². The topological polar surface area (TPSA) is 133 Å². The SMILES string of the molecule is COc1c(N2CCN(P(=O)(O)O)C(C)C2)c(F)cc2c(=O)c(C(=O)O)cn(C3CC3)c12. The van der Waals surface area contributed by atoms with Crippen LogP contribution in [0.4, 0.5) is 10.1 Å². The Morgan fingerprint density at radius 2 is 1.97 bits per heavy atom. The van der Waals surface area contributed by atoms with Crippen LogP contribution in [0.1, 0.15) is 36.2 Å². The number of carboxylic acid groups (broad SMARTS) is 1. The molecule has 4 rings (SSSR count). The second-order valence-electron chi connectivity index (χ2n) is 7.92. The zero-order valence-corrected chi connectivity index (χ0v) is 17.9. The van der Waals surface area contributed by atoms with Gasteiger partial charge >= 0.3 is 13.7 Å². The van der Waals surface area contributed by atoms with Crippen LogP contribution in [0.15, 0.2) is 17.1 Å². The third-order valence-electron chi connectivity index (χ3n) is 5.82. The van der Waals surface area contributed by atoms with Crippen LogP contribution in [0.25, 0.3) is 10.9 Å². The summed E-state index contributed by atoms with van der Waals surface area (Å²) in [7, 11) is -3.09. The molecule has 31 heavy (non-hydrogen) atoms. The molecule has 0 spiro atoms. The van der Waals surface area contributed by atoms with Crippen molar-refractivity contribution in [2.45, 2.75) is 31.8 Å². The van der Waals surface area contributed by atoms with Gasteiger partial charge in [-0.1, -0.05) is 0 Å². The van der Waals surface area contributed by atoms with Gasteiger partial charge in [0.05, 0.1) is 18.0 Å². The fourth-order valence-corrected chi connectivity index (χ4v) is 5.20. The Kier molecular flexibility index (Phi) is 5.33. The minimum Gasteiger partial charge on any atom is -0.492 e. The molecule has 0 amide bonds. The van der Waals surface area contributed by atoms with Crippen molar-refractivity contribution in [3.8, 4) is 5.75 Å². The van der Waals surface area contributed by atoms with E-state index in [1.807, 2.05) is 0 Å². The summed E-state index contributed by atoms with van der Waals surface area (Å²) in [5.74, 6) is -2.04. The number of ether oxygens (including phenoxy) is 1. The Hall–Kier alpha value is -2.46. The van der Waals surface area contributed by atoms with Crippen LogP contribution >= 0.6 is 7.75 Å². The summed E-state index contributed by atoms with van der Waals surface area (Å²) in [6.45, 7) is 1.91. The Balaban J connectivity index is 1.90. The molecule has 2 aromatic rings. The van der Waals surface area contributed by atoms with E-state index >= 15 is 4.39 Å². The Morgan fingerprint density at radius 3 is 2.48 bits per heavy atom. The summed E-state index contributed by atoms with van der Waals surface area (Å²) in [6, 6.07) is 0.453. The molecule has 1 aliphatic heterocycles. The van der Waals surface area contributed by atoms with Crippen LogP contribution in [0.2, 0.25) is 0 Å². The van der Waals surface area contributed by atoms with E-state index in [2.05, 4.69) is 0 Å². The van der Waals surface area contributed by atoms with Gasteiger partial charge in [0.1, 0.15) is 11.3 Å². The molecule has 1 aromatic heterocycles. The maximum absolute atomic E-state index is 15.3. The van der Waals surface area contributed by atoms with Crippen molar-refractivity contribution in [1.82, 2.24) is 9.24 Å². The summed E-state index contributed by atoms with van der Waals surface area (Å²) < 4.78 is 35.2. The Morgan fingerprint density at radius 1 is 1.29 bits per heavy atom. The Bertz CT molecular complexity index is 1170. The van der Waals surface area contributed by atoms with Gasteiger partial charge in [-0.05, 0) is 25.8 Å². The maximum Gasteiger partial charge on any atom is 0.403 e. The molecule has 2 fully saturated rings. The first-order chi connectivity index (χ1) is 14.5. The molecule has 1 unspecified atom stereocenters. The molecule has 10 nitrogen and oxygen atoms in total. The molecule has 0 bridgehead atoms. The fraction of sp³-hybridized carbons (Fsp3) is 0.474. The second kappa shape index (κ2) is 7.59. The van der Waals surface area contributed by atoms with Gasteiger partial charge in [-0.3, -0.25) is 4.79 Å². The summed E-state index contributed by atoms with van der Waals surface area (Å²) in [5.41, 5.74) is -0.814. The lowest BCUT2D eigenvalue weighted by atomic mass is 10.1. The van der Waals surface area contributed by atoms with Crippen molar-refractivity contribution in [2.24, 2.45) is 0 Å². The molecule has 2 heterocycles. The summed E-state index contributed by atoms with van der Waals surface area (Å²) >= 11 is 0. The van der Waals surface area contributed by atoms with E-state index in [0.29, 0.717) is 5.52 Å². The van der Waals surface area contributed by atoms with Crippen LogP contribution in [0.5, 0.6) is 5.75 Å². The van der Waals surface area contributed by atoms with E-state index in [1.165, 1.54) is 13.3 Å². The predicted molar refractivity (Wildman–Crippen MR) is 110 cm³/mol. The van der Waals surface area contributed by atoms with Gasteiger partial charge < -0.3 is 29.1 Å². The molecule has 2 aliphatic rings. The highest BCUT2D eigenvalue weighted by Crippen LogP contribution is 2.46. The van der Waals surface area contributed by atoms with Crippen LogP contribution in [-0.2, 0) is 4.57 Å². The summed E-state index contributed by atoms with van der Waals surface area (Å²) in [6.07, 6.45) is 2.87. The molecule has 1 saturated heterocycles. The third-order valence-corrected chi connectivity index (χ3v) is 7.08. The molecule has 0 radical (unpaired) electrons. The summed E-state index contributed by atoms with van der Waals surface area (Å²) in [4.78, 5) is 45.0. The number of carboxylic acids is 1. The lowest BCUT2D eigenvalue weighted by Gasteiger charge is -2.41. The number of pyridine rings is 1. The van der Waals surface area contributed by atoms with Crippen LogP contribution < -0.4 is 15.1 Å². The number of aromatic nitrogens is 1. The molecule has 1 aromatic carbocycles. The zero-order chi connectivity index (χ0) is 22.7. The number of fused-ring (bicyclic) bond motifs is 1. The first-order valence-corrected chi connectivity index (χ1v) is 11.4. The molecule has 3 N–H and O–H groups in total. The standard InChI is InChI=1S/C19H23FN3O7P/c1-10-8-21(5-6-23(10)31(27,28)29)16-14(20)7-12-15(18(16)30-2)22(11-3-4-11)9-13(17(12)24)19(25)26/h7,9-11H,3-6,8H2,1-2H3,(H,25,26)(H2,27,28,29). The van der Waals surface area contributed by atoms with Crippen molar-refractivity contribution in [1.29, 1.82) is 0 Å². The van der Waals surface area contributed by atoms with E-state index in [0.717, 1.165) is 23.6 Å². The fourth-order valence-electron chi connectivity index (χ4n) is 4.26. The zero-order valence-electron chi connectivity index (χ0n) is 17.0. The number of carbonyl (C=O) groups is 1. The largest absolute Gasteiger partial charge is 0.492 e. The number of rotatable bonds is 5. The normalized spacial score (nSPS) is 20.3. The van der Waals surface area contributed by atoms with Crippen molar-refractivity contribution in [3.05, 3.63) is 33.9 Å². The number of hydrogen-bond acceptors (Lipinski definition) is 5. The lowest BCUT2D eigenvalue weighted by Crippen LogP contribution is -2.50. The minimum atomic E-state index is -4.44. The van der Waals surface area contributed by atoms with Gasteiger partial charge in [0.2, 0.25) is 5.43 Å². The van der Waals surface area contributed by atoms with Crippen molar-refractivity contribution in [2.75, 3.05) is 31.6 Å². The molecule has 1 atom stereocenters. The monoisotopic (exact) mass is 455 g/mol. The number of anilines is 1. The van der Waals surface area contributed by atoms with Crippen LogP contribution in [0.3, 0.4) is 0 Å². The number of benzene rings is 1. The smallest absolute Gasteiger partial charge is 0.403 e. The van der Waals surface area contributed by atoms with Gasteiger partial charge in [0, 0.05) is 37.9 Å². The highest BCUT2D eigenvalue weighted by molar-refractivity contribution is 7.49. The van der Waals surface area contributed by atoms with Gasteiger partial charge in [-0.15, -0.1) is 0 Å². The number of nitrogens with zero attached hydrogens (tertiary/aromatic N) is 3. The molecule has 12 heteroatoms. The lowest BCUT2D eigenvalue weighted by molar-refractivity contribution is 0.0694. The number of hydrogen-bond donors (Lipinski definition) is 3. The molecular weight excluding hydrogens is 432 g/mol. The molecule has 168 valence electrons. The molecular formula is C19H23FN3O7P. The predicted octanol–water partition coefficient (Wildman–Crippen LogP) is 1.79. The van der Waals surface area contributed by atoms with Gasteiger partial charge in [-0.25, -0.2) is 18.4 Å².